The molecule has 1 aromatic carbocycles. The predicted molar refractivity (Wildman–Crippen MR) is 100 cm³/mol. The highest BCUT2D eigenvalue weighted by molar-refractivity contribution is 5.76. The van der Waals surface area contributed by atoms with Crippen molar-refractivity contribution in [2.75, 3.05) is 26.2 Å². The Bertz CT molecular complexity index is 527. The van der Waals surface area contributed by atoms with Crippen molar-refractivity contribution < 1.29 is 9.59 Å². The molecule has 1 atom stereocenters. The molecule has 0 spiro atoms. The molecule has 5 heteroatoms. The Balaban J connectivity index is 1.75. The molecular formula is C20H31N3O2. The van der Waals surface area contributed by atoms with E-state index in [9.17, 15) is 9.59 Å². The lowest BCUT2D eigenvalue weighted by atomic mass is 10.1. The van der Waals surface area contributed by atoms with E-state index in [1.807, 2.05) is 18.2 Å². The first kappa shape index (κ1) is 19.4. The Kier molecular flexibility index (Phi) is 8.46. The average Bonchev–Trinajstić information content (AvgIpc) is 3.11. The van der Waals surface area contributed by atoms with Crippen molar-refractivity contribution in [1.29, 1.82) is 0 Å². The summed E-state index contributed by atoms with van der Waals surface area (Å²) in [5.74, 6) is 0.123. The molecule has 2 N–H and O–H groups in total. The van der Waals surface area contributed by atoms with Gasteiger partial charge in [-0.25, -0.2) is 0 Å². The van der Waals surface area contributed by atoms with Crippen molar-refractivity contribution >= 4 is 11.8 Å². The molecule has 1 aliphatic rings. The van der Waals surface area contributed by atoms with Crippen LogP contribution in [0.2, 0.25) is 0 Å². The molecule has 1 fully saturated rings. The molecule has 138 valence electrons. The first-order valence-corrected chi connectivity index (χ1v) is 9.46. The van der Waals surface area contributed by atoms with Gasteiger partial charge < -0.3 is 15.5 Å². The van der Waals surface area contributed by atoms with Gasteiger partial charge in [-0.15, -0.1) is 0 Å². The van der Waals surface area contributed by atoms with Gasteiger partial charge in [0.25, 0.3) is 0 Å². The number of nitrogens with one attached hydrogen (secondary N) is 2. The molecule has 1 unspecified atom stereocenters. The molecule has 1 heterocycles. The van der Waals surface area contributed by atoms with Crippen LogP contribution in [0, 0.1) is 0 Å². The van der Waals surface area contributed by atoms with Gasteiger partial charge in [-0.1, -0.05) is 36.8 Å². The first-order valence-electron chi connectivity index (χ1n) is 9.46. The average molecular weight is 345 g/mol. The van der Waals surface area contributed by atoms with Gasteiger partial charge in [-0.3, -0.25) is 9.59 Å². The fourth-order valence-electron chi connectivity index (χ4n) is 3.26. The van der Waals surface area contributed by atoms with E-state index in [1.54, 1.807) is 0 Å². The third-order valence-electron chi connectivity index (χ3n) is 4.63. The van der Waals surface area contributed by atoms with Gasteiger partial charge in [0.15, 0.2) is 0 Å². The monoisotopic (exact) mass is 345 g/mol. The first-order chi connectivity index (χ1) is 12.1. The van der Waals surface area contributed by atoms with Gasteiger partial charge in [0.1, 0.15) is 0 Å². The second-order valence-corrected chi connectivity index (χ2v) is 6.83. The van der Waals surface area contributed by atoms with Gasteiger partial charge in [-0.05, 0) is 44.3 Å². The van der Waals surface area contributed by atoms with Crippen LogP contribution in [-0.2, 0) is 9.59 Å². The summed E-state index contributed by atoms with van der Waals surface area (Å²) in [6, 6.07) is 10.3. The van der Waals surface area contributed by atoms with Gasteiger partial charge in [0, 0.05) is 26.4 Å². The largest absolute Gasteiger partial charge is 0.356 e. The molecule has 5 nitrogen and oxygen atoms in total. The number of amides is 2. The topological polar surface area (TPSA) is 61.4 Å². The van der Waals surface area contributed by atoms with Crippen LogP contribution in [0.5, 0.6) is 0 Å². The van der Waals surface area contributed by atoms with Crippen LogP contribution >= 0.6 is 0 Å². The number of likely N-dealkylation sites (tertiary alicyclic amines) is 1. The van der Waals surface area contributed by atoms with Crippen molar-refractivity contribution in [3.05, 3.63) is 35.9 Å². The van der Waals surface area contributed by atoms with Crippen molar-refractivity contribution in [1.82, 2.24) is 15.5 Å². The Morgan fingerprint density at radius 3 is 2.48 bits per heavy atom. The maximum absolute atomic E-state index is 12.3. The Hall–Kier alpha value is -1.88. The summed E-state index contributed by atoms with van der Waals surface area (Å²) in [5.41, 5.74) is 1.17. The van der Waals surface area contributed by atoms with E-state index in [-0.39, 0.29) is 17.9 Å². The van der Waals surface area contributed by atoms with Crippen LogP contribution < -0.4 is 10.6 Å². The Morgan fingerprint density at radius 1 is 1.08 bits per heavy atom. The number of unbranched alkanes of at least 4 members (excludes halogenated alkanes) is 2. The van der Waals surface area contributed by atoms with Crippen LogP contribution in [0.3, 0.4) is 0 Å². The summed E-state index contributed by atoms with van der Waals surface area (Å²) in [6.45, 7) is 5.36. The Labute approximate surface area is 151 Å². The summed E-state index contributed by atoms with van der Waals surface area (Å²) in [5, 5.41) is 6.00. The lowest BCUT2D eigenvalue weighted by Gasteiger charge is -2.25. The molecule has 1 aromatic rings. The van der Waals surface area contributed by atoms with E-state index in [1.165, 1.54) is 25.3 Å². The predicted octanol–water partition coefficient (Wildman–Crippen LogP) is 2.64. The van der Waals surface area contributed by atoms with E-state index in [4.69, 9.17) is 0 Å². The zero-order valence-electron chi connectivity index (χ0n) is 15.3. The molecule has 0 saturated carbocycles. The van der Waals surface area contributed by atoms with E-state index < -0.39 is 0 Å². The number of hydrogen-bond donors (Lipinski definition) is 2. The quantitative estimate of drug-likeness (QED) is 0.641. The van der Waals surface area contributed by atoms with E-state index >= 15 is 0 Å². The highest BCUT2D eigenvalue weighted by atomic mass is 16.2. The smallest absolute Gasteiger partial charge is 0.220 e. The zero-order chi connectivity index (χ0) is 17.9. The van der Waals surface area contributed by atoms with Gasteiger partial charge in [-0.2, -0.15) is 0 Å². The summed E-state index contributed by atoms with van der Waals surface area (Å²) in [6.07, 6.45) is 5.78. The molecule has 2 amide bonds. The van der Waals surface area contributed by atoms with E-state index in [0.717, 1.165) is 38.9 Å². The fourth-order valence-corrected chi connectivity index (χ4v) is 3.26. The third-order valence-corrected chi connectivity index (χ3v) is 4.63. The van der Waals surface area contributed by atoms with E-state index in [2.05, 4.69) is 27.7 Å². The molecular weight excluding hydrogens is 314 g/mol. The molecule has 1 saturated heterocycles. The summed E-state index contributed by atoms with van der Waals surface area (Å²) in [4.78, 5) is 25.6. The lowest BCUT2D eigenvalue weighted by molar-refractivity contribution is -0.122. The van der Waals surface area contributed by atoms with Crippen LogP contribution in [0.1, 0.15) is 57.1 Å². The molecule has 1 aliphatic heterocycles. The number of carbonyl (C=O) groups is 2. The summed E-state index contributed by atoms with van der Waals surface area (Å²) < 4.78 is 0. The molecule has 2 rings (SSSR count). The highest BCUT2D eigenvalue weighted by Gasteiger charge is 2.20. The molecule has 0 aliphatic carbocycles. The molecule has 0 radical (unpaired) electrons. The number of benzene rings is 1. The van der Waals surface area contributed by atoms with Crippen LogP contribution in [0.25, 0.3) is 0 Å². The standard InChI is InChI=1S/C20H31N3O2/c1-17(24)21-13-7-3-6-12-20(25)22-19(16-23-14-8-9-15-23)18-10-4-2-5-11-18/h2,4-5,10-11,19H,3,6-9,12-16H2,1H3,(H,21,24)(H,22,25). The van der Waals surface area contributed by atoms with Crippen molar-refractivity contribution in [3.63, 3.8) is 0 Å². The maximum Gasteiger partial charge on any atom is 0.220 e. The van der Waals surface area contributed by atoms with Crippen LogP contribution in [0.4, 0.5) is 0 Å². The number of rotatable bonds is 10. The zero-order valence-corrected chi connectivity index (χ0v) is 15.3. The van der Waals surface area contributed by atoms with Gasteiger partial charge in [0.05, 0.1) is 6.04 Å². The van der Waals surface area contributed by atoms with Crippen LogP contribution in [0.15, 0.2) is 30.3 Å². The minimum absolute atomic E-state index is 0.00496. The summed E-state index contributed by atoms with van der Waals surface area (Å²) in [7, 11) is 0. The molecule has 0 bridgehead atoms. The van der Waals surface area contributed by atoms with Crippen molar-refractivity contribution in [2.45, 2.75) is 51.5 Å². The highest BCUT2D eigenvalue weighted by Crippen LogP contribution is 2.18. The fraction of sp³-hybridized carbons (Fsp3) is 0.600. The van der Waals surface area contributed by atoms with Gasteiger partial charge >= 0.3 is 0 Å². The number of nitrogens with zero attached hydrogens (tertiary/aromatic N) is 1. The second-order valence-electron chi connectivity index (χ2n) is 6.83. The molecule has 25 heavy (non-hydrogen) atoms. The van der Waals surface area contributed by atoms with Gasteiger partial charge in [0.2, 0.25) is 11.8 Å². The molecule has 0 aromatic heterocycles. The van der Waals surface area contributed by atoms with E-state index in [0.29, 0.717) is 13.0 Å². The second kappa shape index (κ2) is 10.9. The summed E-state index contributed by atoms with van der Waals surface area (Å²) >= 11 is 0. The SMILES string of the molecule is CC(=O)NCCCCCC(=O)NC(CN1CCCC1)c1ccccc1. The number of hydrogen-bond acceptors (Lipinski definition) is 3. The normalized spacial score (nSPS) is 15.7. The number of carbonyl (C=O) groups excluding carboxylic acids is 2. The third kappa shape index (κ3) is 7.69. The van der Waals surface area contributed by atoms with Crippen molar-refractivity contribution in [2.24, 2.45) is 0 Å². The Morgan fingerprint density at radius 2 is 1.80 bits per heavy atom. The maximum atomic E-state index is 12.3. The lowest BCUT2D eigenvalue weighted by Crippen LogP contribution is -2.36. The minimum atomic E-state index is 0.00496. The minimum Gasteiger partial charge on any atom is -0.356 e. The van der Waals surface area contributed by atoms with Crippen molar-refractivity contribution in [3.8, 4) is 0 Å². The van der Waals surface area contributed by atoms with Crippen LogP contribution in [-0.4, -0.2) is 42.9 Å².